The molecule has 0 bridgehead atoms. The molecule has 3 rings (SSSR count). The van der Waals surface area contributed by atoms with E-state index in [-0.39, 0.29) is 0 Å². The van der Waals surface area contributed by atoms with Crippen LogP contribution in [0.15, 0.2) is 41.4 Å². The Kier molecular flexibility index (Phi) is 7.57. The van der Waals surface area contributed by atoms with Crippen molar-refractivity contribution in [2.24, 2.45) is 4.99 Å². The Morgan fingerprint density at radius 3 is 2.59 bits per heavy atom. The number of nitrogens with zero attached hydrogens (tertiary/aromatic N) is 3. The lowest BCUT2D eigenvalue weighted by molar-refractivity contribution is 0.147. The fourth-order valence-corrected chi connectivity index (χ4v) is 4.05. The lowest BCUT2D eigenvalue weighted by Gasteiger charge is -2.35. The second kappa shape index (κ2) is 10.4. The van der Waals surface area contributed by atoms with Crippen LogP contribution in [0.2, 0.25) is 0 Å². The predicted molar refractivity (Wildman–Crippen MR) is 115 cm³/mol. The number of hydrogen-bond donors (Lipinski definition) is 2. The zero-order valence-corrected chi connectivity index (χ0v) is 17.0. The summed E-state index contributed by atoms with van der Waals surface area (Å²) >= 11 is 0. The SMILES string of the molecule is CCC1CCCCN1CCNC(=NC)NCc1ccc(N2CC=CC2)cc1. The summed E-state index contributed by atoms with van der Waals surface area (Å²) in [5.74, 6) is 0.882. The van der Waals surface area contributed by atoms with E-state index in [1.54, 1.807) is 0 Å². The molecule has 5 heteroatoms. The lowest BCUT2D eigenvalue weighted by Crippen LogP contribution is -2.45. The minimum absolute atomic E-state index is 0.764. The maximum Gasteiger partial charge on any atom is 0.191 e. The van der Waals surface area contributed by atoms with Crippen molar-refractivity contribution >= 4 is 11.6 Å². The molecule has 0 saturated carbocycles. The van der Waals surface area contributed by atoms with Gasteiger partial charge in [-0.15, -0.1) is 0 Å². The first-order valence-corrected chi connectivity index (χ1v) is 10.5. The molecule has 0 radical (unpaired) electrons. The third-order valence-corrected chi connectivity index (χ3v) is 5.72. The van der Waals surface area contributed by atoms with Gasteiger partial charge in [0.05, 0.1) is 0 Å². The van der Waals surface area contributed by atoms with Crippen molar-refractivity contribution < 1.29 is 0 Å². The average Bonchev–Trinajstić information content (AvgIpc) is 3.26. The molecular weight excluding hydrogens is 334 g/mol. The Bertz CT molecular complexity index is 614. The van der Waals surface area contributed by atoms with Gasteiger partial charge in [-0.3, -0.25) is 9.89 Å². The van der Waals surface area contributed by atoms with Gasteiger partial charge in [-0.1, -0.05) is 37.6 Å². The molecule has 1 unspecified atom stereocenters. The Hall–Kier alpha value is -2.01. The molecule has 2 aliphatic heterocycles. The van der Waals surface area contributed by atoms with Crippen molar-refractivity contribution in [2.45, 2.75) is 45.2 Å². The summed E-state index contributed by atoms with van der Waals surface area (Å²) in [5.41, 5.74) is 2.56. The van der Waals surface area contributed by atoms with Crippen LogP contribution in [0.3, 0.4) is 0 Å². The summed E-state index contributed by atoms with van der Waals surface area (Å²) in [7, 11) is 1.84. The molecule has 2 N–H and O–H groups in total. The lowest BCUT2D eigenvalue weighted by atomic mass is 10.0. The Labute approximate surface area is 164 Å². The Balaban J connectivity index is 1.39. The van der Waals surface area contributed by atoms with Crippen LogP contribution >= 0.6 is 0 Å². The largest absolute Gasteiger partial charge is 0.364 e. The molecule has 1 aromatic rings. The normalized spacial score (nSPS) is 20.9. The van der Waals surface area contributed by atoms with Gasteiger partial charge in [0.2, 0.25) is 0 Å². The topological polar surface area (TPSA) is 42.9 Å². The third-order valence-electron chi connectivity index (χ3n) is 5.72. The van der Waals surface area contributed by atoms with E-state index in [4.69, 9.17) is 0 Å². The van der Waals surface area contributed by atoms with E-state index >= 15 is 0 Å². The van der Waals surface area contributed by atoms with Gasteiger partial charge >= 0.3 is 0 Å². The van der Waals surface area contributed by atoms with Crippen molar-refractivity contribution in [3.63, 3.8) is 0 Å². The molecule has 1 atom stereocenters. The number of hydrogen-bond acceptors (Lipinski definition) is 3. The second-order valence-electron chi connectivity index (χ2n) is 7.49. The number of guanidine groups is 1. The zero-order chi connectivity index (χ0) is 18.9. The fourth-order valence-electron chi connectivity index (χ4n) is 4.05. The molecule has 148 valence electrons. The van der Waals surface area contributed by atoms with Gasteiger partial charge in [-0.25, -0.2) is 0 Å². The van der Waals surface area contributed by atoms with E-state index in [2.05, 4.69) is 68.8 Å². The molecule has 0 amide bonds. The van der Waals surface area contributed by atoms with E-state index in [1.807, 2.05) is 7.05 Å². The number of likely N-dealkylation sites (tertiary alicyclic amines) is 1. The highest BCUT2D eigenvalue weighted by Crippen LogP contribution is 2.19. The van der Waals surface area contributed by atoms with Gasteiger partial charge in [0.15, 0.2) is 5.96 Å². The molecule has 1 aromatic carbocycles. The average molecular weight is 370 g/mol. The summed E-state index contributed by atoms with van der Waals surface area (Å²) in [6, 6.07) is 9.59. The Morgan fingerprint density at radius 2 is 1.89 bits per heavy atom. The summed E-state index contributed by atoms with van der Waals surface area (Å²) in [6.45, 7) is 8.41. The number of rotatable bonds is 7. The first-order chi connectivity index (χ1) is 13.3. The number of anilines is 1. The second-order valence-corrected chi connectivity index (χ2v) is 7.49. The van der Waals surface area contributed by atoms with Crippen LogP contribution in [0.25, 0.3) is 0 Å². The maximum absolute atomic E-state index is 4.36. The van der Waals surface area contributed by atoms with E-state index in [9.17, 15) is 0 Å². The van der Waals surface area contributed by atoms with Gasteiger partial charge < -0.3 is 15.5 Å². The summed E-state index contributed by atoms with van der Waals surface area (Å²) in [5, 5.41) is 6.90. The number of benzene rings is 1. The molecule has 1 saturated heterocycles. The molecule has 0 aliphatic carbocycles. The van der Waals surface area contributed by atoms with Crippen LogP contribution in [0.5, 0.6) is 0 Å². The van der Waals surface area contributed by atoms with Crippen LogP contribution in [0, 0.1) is 0 Å². The summed E-state index contributed by atoms with van der Waals surface area (Å²) < 4.78 is 0. The number of aliphatic imine (C=N–C) groups is 1. The highest BCUT2D eigenvalue weighted by molar-refractivity contribution is 5.79. The van der Waals surface area contributed by atoms with Gasteiger partial charge in [-0.05, 0) is 43.5 Å². The molecule has 2 heterocycles. The third kappa shape index (κ3) is 5.73. The number of nitrogens with one attached hydrogen (secondary N) is 2. The Morgan fingerprint density at radius 1 is 1.11 bits per heavy atom. The van der Waals surface area contributed by atoms with Crippen molar-refractivity contribution in [2.75, 3.05) is 44.7 Å². The zero-order valence-electron chi connectivity index (χ0n) is 17.0. The quantitative estimate of drug-likeness (QED) is 0.441. The smallest absolute Gasteiger partial charge is 0.191 e. The van der Waals surface area contributed by atoms with E-state index in [1.165, 1.54) is 43.5 Å². The van der Waals surface area contributed by atoms with Crippen molar-refractivity contribution in [3.05, 3.63) is 42.0 Å². The summed E-state index contributed by atoms with van der Waals surface area (Å²) in [4.78, 5) is 9.36. The van der Waals surface area contributed by atoms with Crippen LogP contribution in [-0.2, 0) is 6.54 Å². The monoisotopic (exact) mass is 369 g/mol. The van der Waals surface area contributed by atoms with Crippen molar-refractivity contribution in [1.82, 2.24) is 15.5 Å². The van der Waals surface area contributed by atoms with Crippen molar-refractivity contribution in [1.29, 1.82) is 0 Å². The minimum Gasteiger partial charge on any atom is -0.364 e. The molecular formula is C22H35N5. The van der Waals surface area contributed by atoms with Gasteiger partial charge in [-0.2, -0.15) is 0 Å². The molecule has 0 aromatic heterocycles. The van der Waals surface area contributed by atoms with Crippen LogP contribution < -0.4 is 15.5 Å². The predicted octanol–water partition coefficient (Wildman–Crippen LogP) is 2.99. The molecule has 27 heavy (non-hydrogen) atoms. The van der Waals surface area contributed by atoms with Gasteiger partial charge in [0, 0.05) is 51.5 Å². The number of piperidine rings is 1. The maximum atomic E-state index is 4.36. The molecule has 0 spiro atoms. The highest BCUT2D eigenvalue weighted by Gasteiger charge is 2.19. The van der Waals surface area contributed by atoms with E-state index in [0.717, 1.165) is 44.7 Å². The van der Waals surface area contributed by atoms with Crippen LogP contribution in [-0.4, -0.2) is 56.7 Å². The standard InChI is InChI=1S/C22H35N5/c1-3-20-8-4-5-14-27(20)17-13-24-22(23-2)25-18-19-9-11-21(12-10-19)26-15-6-7-16-26/h6-7,9-12,20H,3-5,8,13-18H2,1-2H3,(H2,23,24,25). The van der Waals surface area contributed by atoms with Crippen molar-refractivity contribution in [3.8, 4) is 0 Å². The van der Waals surface area contributed by atoms with Crippen LogP contribution in [0.1, 0.15) is 38.2 Å². The first-order valence-electron chi connectivity index (χ1n) is 10.5. The van der Waals surface area contributed by atoms with Crippen LogP contribution in [0.4, 0.5) is 5.69 Å². The molecule has 5 nitrogen and oxygen atoms in total. The van der Waals surface area contributed by atoms with E-state index < -0.39 is 0 Å². The molecule has 1 fully saturated rings. The fraction of sp³-hybridized carbons (Fsp3) is 0.591. The minimum atomic E-state index is 0.764. The highest BCUT2D eigenvalue weighted by atomic mass is 15.2. The molecule has 2 aliphatic rings. The van der Waals surface area contributed by atoms with E-state index in [0.29, 0.717) is 0 Å². The van der Waals surface area contributed by atoms with Gasteiger partial charge in [0.25, 0.3) is 0 Å². The summed E-state index contributed by atoms with van der Waals surface area (Å²) in [6.07, 6.45) is 9.78. The van der Waals surface area contributed by atoms with Gasteiger partial charge in [0.1, 0.15) is 0 Å². The first kappa shape index (κ1) is 19.7.